The number of rotatable bonds is 4. The smallest absolute Gasteiger partial charge is 0.142 e. The van der Waals surface area contributed by atoms with Gasteiger partial charge in [0.2, 0.25) is 0 Å². The molecule has 0 unspecified atom stereocenters. The number of hydrogen-bond acceptors (Lipinski definition) is 3. The second kappa shape index (κ2) is 5.65. The second-order valence-corrected chi connectivity index (χ2v) is 4.16. The summed E-state index contributed by atoms with van der Waals surface area (Å²) in [6.07, 6.45) is 0. The Hall–Kier alpha value is -1.87. The first kappa shape index (κ1) is 12.6. The summed E-state index contributed by atoms with van der Waals surface area (Å²) >= 11 is 5.95. The van der Waals surface area contributed by atoms with Crippen LogP contribution in [-0.4, -0.2) is 12.2 Å². The summed E-state index contributed by atoms with van der Waals surface area (Å²) in [7, 11) is 1.62. The fourth-order valence-corrected chi connectivity index (χ4v) is 1.66. The van der Waals surface area contributed by atoms with Crippen LogP contribution in [0, 0.1) is 0 Å². The molecule has 0 radical (unpaired) electrons. The number of phenolic OH excluding ortho intramolecular Hbond substituents is 1. The molecule has 0 aliphatic carbocycles. The van der Waals surface area contributed by atoms with Crippen LogP contribution in [0.15, 0.2) is 42.5 Å². The fraction of sp³-hybridized carbons (Fsp3) is 0.143. The molecule has 0 saturated heterocycles. The predicted molar refractivity (Wildman–Crippen MR) is 70.4 cm³/mol. The van der Waals surface area contributed by atoms with Crippen LogP contribution in [0.25, 0.3) is 0 Å². The molecule has 1 N–H and O–H groups in total. The average Bonchev–Trinajstić information content (AvgIpc) is 2.40. The first-order valence-corrected chi connectivity index (χ1v) is 5.81. The van der Waals surface area contributed by atoms with E-state index in [1.54, 1.807) is 13.2 Å². The van der Waals surface area contributed by atoms with Gasteiger partial charge >= 0.3 is 0 Å². The van der Waals surface area contributed by atoms with Crippen molar-refractivity contribution in [2.75, 3.05) is 7.11 Å². The van der Waals surface area contributed by atoms with E-state index in [4.69, 9.17) is 21.1 Å². The number of hydrogen-bond donors (Lipinski definition) is 1. The molecule has 0 bridgehead atoms. The van der Waals surface area contributed by atoms with E-state index in [0.717, 1.165) is 11.3 Å². The van der Waals surface area contributed by atoms with Gasteiger partial charge in [-0.2, -0.15) is 0 Å². The van der Waals surface area contributed by atoms with Gasteiger partial charge in [0.25, 0.3) is 0 Å². The fourth-order valence-electron chi connectivity index (χ4n) is 1.49. The van der Waals surface area contributed by atoms with Gasteiger partial charge in [0.05, 0.1) is 12.1 Å². The standard InChI is InChI=1S/C14H13ClO3/c1-17-12-5-2-10(3-6-12)9-18-14-8-11(16)4-7-13(14)15/h2-8,16H,9H2,1H3. The lowest BCUT2D eigenvalue weighted by atomic mass is 10.2. The van der Waals surface area contributed by atoms with Gasteiger partial charge in [-0.1, -0.05) is 23.7 Å². The summed E-state index contributed by atoms with van der Waals surface area (Å²) in [5, 5.41) is 9.82. The van der Waals surface area contributed by atoms with E-state index < -0.39 is 0 Å². The number of ether oxygens (including phenoxy) is 2. The molecule has 4 heteroatoms. The molecule has 0 fully saturated rings. The van der Waals surface area contributed by atoms with Gasteiger partial charge < -0.3 is 14.6 Å². The van der Waals surface area contributed by atoms with Gasteiger partial charge in [-0.3, -0.25) is 0 Å². The zero-order valence-electron chi connectivity index (χ0n) is 9.89. The highest BCUT2D eigenvalue weighted by molar-refractivity contribution is 6.32. The molecule has 0 aliphatic rings. The molecule has 3 nitrogen and oxygen atoms in total. The van der Waals surface area contributed by atoms with Crippen molar-refractivity contribution in [3.8, 4) is 17.2 Å². The molecular weight excluding hydrogens is 252 g/mol. The maximum atomic E-state index is 9.35. The third kappa shape index (κ3) is 3.08. The van der Waals surface area contributed by atoms with Crippen molar-refractivity contribution < 1.29 is 14.6 Å². The highest BCUT2D eigenvalue weighted by atomic mass is 35.5. The van der Waals surface area contributed by atoms with Crippen molar-refractivity contribution in [1.82, 2.24) is 0 Å². The number of halogens is 1. The van der Waals surface area contributed by atoms with Crippen LogP contribution in [-0.2, 0) is 6.61 Å². The molecule has 94 valence electrons. The van der Waals surface area contributed by atoms with Gasteiger partial charge in [0.1, 0.15) is 23.9 Å². The maximum absolute atomic E-state index is 9.35. The van der Waals surface area contributed by atoms with E-state index in [0.29, 0.717) is 17.4 Å². The molecule has 0 aliphatic heterocycles. The SMILES string of the molecule is COc1ccc(COc2cc(O)ccc2Cl)cc1. The summed E-state index contributed by atoms with van der Waals surface area (Å²) in [5.74, 6) is 1.39. The van der Waals surface area contributed by atoms with Crippen molar-refractivity contribution in [3.05, 3.63) is 53.1 Å². The summed E-state index contributed by atoms with van der Waals surface area (Å²) in [4.78, 5) is 0. The quantitative estimate of drug-likeness (QED) is 0.916. The molecule has 0 spiro atoms. The van der Waals surface area contributed by atoms with Crippen molar-refractivity contribution in [3.63, 3.8) is 0 Å². The Labute approximate surface area is 111 Å². The van der Waals surface area contributed by atoms with Crippen molar-refractivity contribution in [2.45, 2.75) is 6.61 Å². The third-order valence-corrected chi connectivity index (χ3v) is 2.78. The van der Waals surface area contributed by atoms with Crippen molar-refractivity contribution in [1.29, 1.82) is 0 Å². The molecule has 18 heavy (non-hydrogen) atoms. The molecule has 0 atom stereocenters. The van der Waals surface area contributed by atoms with Gasteiger partial charge in [-0.25, -0.2) is 0 Å². The summed E-state index contributed by atoms with van der Waals surface area (Å²) < 4.78 is 10.6. The lowest BCUT2D eigenvalue weighted by molar-refractivity contribution is 0.304. The van der Waals surface area contributed by atoms with E-state index in [2.05, 4.69) is 0 Å². The molecule has 0 aromatic heterocycles. The molecule has 0 heterocycles. The van der Waals surface area contributed by atoms with Crippen LogP contribution in [0.2, 0.25) is 5.02 Å². The van der Waals surface area contributed by atoms with Crippen molar-refractivity contribution in [2.24, 2.45) is 0 Å². The minimum atomic E-state index is 0.129. The van der Waals surface area contributed by atoms with Gasteiger partial charge in [-0.15, -0.1) is 0 Å². The van der Waals surface area contributed by atoms with Crippen LogP contribution in [0.1, 0.15) is 5.56 Å². The first-order valence-electron chi connectivity index (χ1n) is 5.43. The summed E-state index contributed by atoms with van der Waals surface area (Å²) in [5.41, 5.74) is 0.996. The molecule has 2 aromatic rings. The zero-order valence-corrected chi connectivity index (χ0v) is 10.6. The largest absolute Gasteiger partial charge is 0.508 e. The first-order chi connectivity index (χ1) is 8.69. The molecular formula is C14H13ClO3. The monoisotopic (exact) mass is 264 g/mol. The van der Waals surface area contributed by atoms with Gasteiger partial charge in [0.15, 0.2) is 0 Å². The number of aromatic hydroxyl groups is 1. The Morgan fingerprint density at radius 1 is 1.11 bits per heavy atom. The molecule has 2 rings (SSSR count). The lowest BCUT2D eigenvalue weighted by Gasteiger charge is -2.09. The van der Waals surface area contributed by atoms with Crippen LogP contribution in [0.3, 0.4) is 0 Å². The minimum absolute atomic E-state index is 0.129. The Morgan fingerprint density at radius 2 is 1.83 bits per heavy atom. The zero-order chi connectivity index (χ0) is 13.0. The second-order valence-electron chi connectivity index (χ2n) is 3.75. The highest BCUT2D eigenvalue weighted by Gasteiger charge is 2.03. The highest BCUT2D eigenvalue weighted by Crippen LogP contribution is 2.29. The normalized spacial score (nSPS) is 10.1. The maximum Gasteiger partial charge on any atom is 0.142 e. The average molecular weight is 265 g/mol. The lowest BCUT2D eigenvalue weighted by Crippen LogP contribution is -1.96. The van der Waals surface area contributed by atoms with Crippen LogP contribution < -0.4 is 9.47 Å². The van der Waals surface area contributed by atoms with E-state index in [1.807, 2.05) is 24.3 Å². The number of methoxy groups -OCH3 is 1. The predicted octanol–water partition coefficient (Wildman–Crippen LogP) is 3.63. The number of phenols is 1. The Morgan fingerprint density at radius 3 is 2.50 bits per heavy atom. The van der Waals surface area contributed by atoms with Crippen molar-refractivity contribution >= 4 is 11.6 Å². The van der Waals surface area contributed by atoms with E-state index >= 15 is 0 Å². The third-order valence-electron chi connectivity index (χ3n) is 2.47. The van der Waals surface area contributed by atoms with Crippen LogP contribution in [0.5, 0.6) is 17.2 Å². The van der Waals surface area contributed by atoms with E-state index in [1.165, 1.54) is 12.1 Å². The number of benzene rings is 2. The van der Waals surface area contributed by atoms with E-state index in [-0.39, 0.29) is 5.75 Å². The Kier molecular flexibility index (Phi) is 3.95. The summed E-state index contributed by atoms with van der Waals surface area (Å²) in [6, 6.07) is 12.2. The topological polar surface area (TPSA) is 38.7 Å². The van der Waals surface area contributed by atoms with Gasteiger partial charge in [-0.05, 0) is 29.8 Å². The van der Waals surface area contributed by atoms with Gasteiger partial charge in [0, 0.05) is 6.07 Å². The molecule has 2 aromatic carbocycles. The Balaban J connectivity index is 2.04. The van der Waals surface area contributed by atoms with Crippen LogP contribution >= 0.6 is 11.6 Å². The van der Waals surface area contributed by atoms with Crippen LogP contribution in [0.4, 0.5) is 0 Å². The molecule has 0 saturated carbocycles. The van der Waals surface area contributed by atoms with E-state index in [9.17, 15) is 5.11 Å². The molecule has 0 amide bonds. The summed E-state index contributed by atoms with van der Waals surface area (Å²) in [6.45, 7) is 0.382. The Bertz CT molecular complexity index is 523. The minimum Gasteiger partial charge on any atom is -0.508 e.